The van der Waals surface area contributed by atoms with Crippen LogP contribution in [0.1, 0.15) is 64.2 Å². The van der Waals surface area contributed by atoms with Gasteiger partial charge in [-0.15, -0.1) is 0 Å². The number of methoxy groups -OCH3 is 2. The molecule has 2 aliphatic rings. The van der Waals surface area contributed by atoms with Gasteiger partial charge in [0.1, 0.15) is 10.6 Å². The van der Waals surface area contributed by atoms with Crippen molar-refractivity contribution in [3.8, 4) is 33.8 Å². The summed E-state index contributed by atoms with van der Waals surface area (Å²) < 4.78 is 45.5. The fraction of sp³-hybridized carbons (Fsp3) is 0.308. The molecule has 2 aliphatic carbocycles. The molecule has 7 nitrogen and oxygen atoms in total. The topological polar surface area (TPSA) is 108 Å². The van der Waals surface area contributed by atoms with Crippen LogP contribution >= 0.6 is 15.8 Å². The van der Waals surface area contributed by atoms with Gasteiger partial charge in [-0.2, -0.15) is 8.42 Å². The molecule has 63 heavy (non-hydrogen) atoms. The zero-order valence-electron chi connectivity index (χ0n) is 37.4. The van der Waals surface area contributed by atoms with Crippen molar-refractivity contribution in [2.45, 2.75) is 80.4 Å². The molecule has 1 radical (unpaired) electrons. The third kappa shape index (κ3) is 12.0. The van der Waals surface area contributed by atoms with Crippen LogP contribution in [0.3, 0.4) is 0 Å². The Morgan fingerprint density at radius 3 is 1.51 bits per heavy atom. The first-order chi connectivity index (χ1) is 29.7. The van der Waals surface area contributed by atoms with Gasteiger partial charge in [0.25, 0.3) is 10.1 Å². The van der Waals surface area contributed by atoms with E-state index in [1.54, 1.807) is 13.2 Å². The average Bonchev–Trinajstić information content (AvgIpc) is 3.30. The van der Waals surface area contributed by atoms with E-state index >= 15 is 0 Å². The Morgan fingerprint density at radius 1 is 0.556 bits per heavy atom. The van der Waals surface area contributed by atoms with Gasteiger partial charge >= 0.3 is 0 Å². The minimum absolute atomic E-state index is 0. The largest absolute Gasteiger partial charge is 0.496 e. The third-order valence-corrected chi connectivity index (χ3v) is 19.0. The van der Waals surface area contributed by atoms with Gasteiger partial charge in [0.15, 0.2) is 5.75 Å². The smallest absolute Gasteiger partial charge is 0.298 e. The molecule has 6 aromatic carbocycles. The van der Waals surface area contributed by atoms with Gasteiger partial charge < -0.3 is 19.8 Å². The Kier molecular flexibility index (Phi) is 19.3. The van der Waals surface area contributed by atoms with Crippen molar-refractivity contribution in [1.82, 2.24) is 0 Å². The molecule has 0 unspecified atom stereocenters. The minimum Gasteiger partial charge on any atom is -0.496 e. The molecule has 8 rings (SSSR count). The predicted molar refractivity (Wildman–Crippen MR) is 269 cm³/mol. The maximum absolute atomic E-state index is 12.1. The molecule has 0 heterocycles. The summed E-state index contributed by atoms with van der Waals surface area (Å²) in [5, 5.41) is 5.46. The Hall–Kier alpha value is -3.55. The van der Waals surface area contributed by atoms with E-state index in [0.29, 0.717) is 22.6 Å². The van der Waals surface area contributed by atoms with Crippen LogP contribution < -0.4 is 35.6 Å². The third-order valence-electron chi connectivity index (χ3n) is 12.0. The maximum atomic E-state index is 12.1. The summed E-state index contributed by atoms with van der Waals surface area (Å²) in [6.45, 7) is 0. The molecule has 0 aliphatic heterocycles. The second-order valence-electron chi connectivity index (χ2n) is 16.1. The van der Waals surface area contributed by atoms with E-state index in [-0.39, 0.29) is 45.7 Å². The summed E-state index contributed by atoms with van der Waals surface area (Å²) in [6, 6.07) is 50.7. The van der Waals surface area contributed by atoms with Crippen molar-refractivity contribution in [2.24, 2.45) is 0 Å². The fourth-order valence-corrected chi connectivity index (χ4v) is 16.3. The molecule has 327 valence electrons. The second-order valence-corrected chi connectivity index (χ2v) is 22.4. The van der Waals surface area contributed by atoms with Gasteiger partial charge in [-0.3, -0.25) is 4.55 Å². The van der Waals surface area contributed by atoms with E-state index in [1.807, 2.05) is 6.07 Å². The zero-order valence-corrected chi connectivity index (χ0v) is 42.0. The second kappa shape index (κ2) is 24.1. The van der Waals surface area contributed by atoms with Gasteiger partial charge in [-0.25, -0.2) is 0 Å². The van der Waals surface area contributed by atoms with Crippen LogP contribution in [0.4, 0.5) is 5.69 Å². The number of benzene rings is 6. The molecule has 0 aromatic heterocycles. The molecule has 0 amide bonds. The van der Waals surface area contributed by atoms with Crippen molar-refractivity contribution in [2.75, 3.05) is 33.2 Å². The molecule has 0 spiro atoms. The molecule has 0 atom stereocenters. The van der Waals surface area contributed by atoms with Crippen LogP contribution in [-0.4, -0.2) is 87.6 Å². The van der Waals surface area contributed by atoms with Crippen LogP contribution in [0, 0.1) is 0 Å². The minimum atomic E-state index is -4.45. The molecule has 2 fully saturated rings. The predicted octanol–water partition coefficient (Wildman–Crippen LogP) is 10.4. The van der Waals surface area contributed by atoms with E-state index in [4.69, 9.17) is 9.47 Å². The summed E-state index contributed by atoms with van der Waals surface area (Å²) in [6.07, 6.45) is 12.9. The van der Waals surface area contributed by atoms with Gasteiger partial charge in [0.2, 0.25) is 0 Å². The number of para-hydroxylation sites is 1. The van der Waals surface area contributed by atoms with Crippen LogP contribution in [0.2, 0.25) is 0 Å². The summed E-state index contributed by atoms with van der Waals surface area (Å²) in [7, 11) is 1.72. The zero-order chi connectivity index (χ0) is 42.8. The molecule has 11 heteroatoms. The van der Waals surface area contributed by atoms with Gasteiger partial charge in [-0.05, 0) is 95.5 Å². The van der Waals surface area contributed by atoms with E-state index < -0.39 is 26.0 Å². The standard InChI is InChI=1S/C26H24NP.C26H35O5PS.Na.H2O/c1-27(2)25-19-11-9-17-23(25)24-18-10-12-20-26(24)28(21-13-5-3-6-14-21)22-15-7-4-8-16-22;1-30-22-17-18-24(33(27,28)29)26(31-2)25(22)21-15-9-10-16-23(21)32(19-11-5-3-6-12-19)20-13-7-4-8-14-20;;/h3-20H,1-2H3;9-10,15-20H,3-8,11-14H2,1-2H3,(H,27,28,29);;1H2. The van der Waals surface area contributed by atoms with E-state index in [2.05, 4.69) is 146 Å². The van der Waals surface area contributed by atoms with Crippen molar-refractivity contribution in [3.63, 3.8) is 0 Å². The van der Waals surface area contributed by atoms with Crippen molar-refractivity contribution in [1.29, 1.82) is 0 Å². The van der Waals surface area contributed by atoms with Crippen LogP contribution in [0.15, 0.2) is 150 Å². The monoisotopic (exact) mass is 912 g/mol. The van der Waals surface area contributed by atoms with Crippen molar-refractivity contribution in [3.05, 3.63) is 146 Å². The molecule has 2 saturated carbocycles. The molecule has 3 N–H and O–H groups in total. The van der Waals surface area contributed by atoms with E-state index in [0.717, 1.165) is 5.56 Å². The number of hydrogen-bond acceptors (Lipinski definition) is 5. The number of ether oxygens (including phenoxy) is 2. The Bertz CT molecular complexity index is 2400. The summed E-state index contributed by atoms with van der Waals surface area (Å²) in [4.78, 5) is 1.97. The summed E-state index contributed by atoms with van der Waals surface area (Å²) in [5.41, 5.74) is 6.81. The first kappa shape index (κ1) is 50.4. The average molecular weight is 913 g/mol. The number of hydrogen-bond donors (Lipinski definition) is 1. The van der Waals surface area contributed by atoms with Crippen LogP contribution in [0.5, 0.6) is 11.5 Å². The molecule has 0 saturated heterocycles. The first-order valence-corrected chi connectivity index (χ1v) is 25.8. The van der Waals surface area contributed by atoms with Crippen LogP contribution in [-0.2, 0) is 10.1 Å². The van der Waals surface area contributed by atoms with E-state index in [1.165, 1.54) is 115 Å². The Balaban J connectivity index is 0.000000233. The fourth-order valence-electron chi connectivity index (χ4n) is 9.27. The van der Waals surface area contributed by atoms with Gasteiger partial charge in [0, 0.05) is 54.9 Å². The summed E-state index contributed by atoms with van der Waals surface area (Å²) >= 11 is 0. The number of nitrogens with zero attached hydrogens (tertiary/aromatic N) is 1. The normalized spacial score (nSPS) is 14.5. The number of anilines is 1. The maximum Gasteiger partial charge on any atom is 0.298 e. The Labute approximate surface area is 400 Å². The van der Waals surface area contributed by atoms with Gasteiger partial charge in [-0.1, -0.05) is 174 Å². The van der Waals surface area contributed by atoms with Gasteiger partial charge in [0.05, 0.1) is 19.8 Å². The number of rotatable bonds is 12. The Morgan fingerprint density at radius 2 is 1.02 bits per heavy atom. The molecule has 6 aromatic rings. The van der Waals surface area contributed by atoms with E-state index in [9.17, 15) is 13.0 Å². The van der Waals surface area contributed by atoms with Crippen molar-refractivity contribution < 1.29 is 27.9 Å². The summed E-state index contributed by atoms with van der Waals surface area (Å²) in [5.74, 6) is 0.695. The van der Waals surface area contributed by atoms with Crippen LogP contribution in [0.25, 0.3) is 22.3 Å². The molecule has 0 bridgehead atoms. The molecular weight excluding hydrogens is 852 g/mol. The quantitative estimate of drug-likeness (QED) is 0.0745. The SMILES string of the molecule is CN(C)c1ccccc1-c1ccccc1P(c1ccccc1)c1ccccc1.COc1ccc(S(=O)(=O)O)c(OC)c1-c1ccccc1P(C1CCCCC1)C1CCCCC1.O.[Na]. The molecular formula is C52H61NNaO6P2S. The first-order valence-electron chi connectivity index (χ1n) is 21.6. The van der Waals surface area contributed by atoms with Crippen molar-refractivity contribution >= 4 is 82.4 Å².